The Bertz CT molecular complexity index is 623. The van der Waals surface area contributed by atoms with Gasteiger partial charge in [-0.1, -0.05) is 0 Å². The van der Waals surface area contributed by atoms with Crippen molar-refractivity contribution in [2.75, 3.05) is 31.1 Å². The number of rotatable bonds is 2. The van der Waals surface area contributed by atoms with Gasteiger partial charge in [0.05, 0.1) is 11.7 Å². The van der Waals surface area contributed by atoms with E-state index in [0.29, 0.717) is 12.1 Å². The van der Waals surface area contributed by atoms with Crippen LogP contribution in [-0.2, 0) is 4.79 Å². The summed E-state index contributed by atoms with van der Waals surface area (Å²) in [4.78, 5) is 31.1. The second kappa shape index (κ2) is 6.39. The van der Waals surface area contributed by atoms with Gasteiger partial charge in [0, 0.05) is 39.3 Å². The molecule has 1 atom stereocenters. The van der Waals surface area contributed by atoms with E-state index in [1.807, 2.05) is 6.07 Å². The summed E-state index contributed by atoms with van der Waals surface area (Å²) >= 11 is 0. The van der Waals surface area contributed by atoms with Crippen molar-refractivity contribution in [2.45, 2.75) is 32.3 Å². The van der Waals surface area contributed by atoms with Crippen LogP contribution >= 0.6 is 0 Å². The lowest BCUT2D eigenvalue weighted by molar-refractivity contribution is -0.137. The number of likely N-dealkylation sites (tertiary alicyclic amines) is 1. The molecule has 24 heavy (non-hydrogen) atoms. The summed E-state index contributed by atoms with van der Waals surface area (Å²) in [6, 6.07) is 3.51. The number of nitrogens with two attached hydrogens (primary N) is 1. The van der Waals surface area contributed by atoms with Crippen LogP contribution in [0.4, 0.5) is 5.82 Å². The Morgan fingerprint density at radius 1 is 1.33 bits per heavy atom. The van der Waals surface area contributed by atoms with Gasteiger partial charge in [0.25, 0.3) is 0 Å². The van der Waals surface area contributed by atoms with E-state index in [9.17, 15) is 14.7 Å². The number of β-amino-alcohol motifs (C(OH)–C–C–N with tert-alkyl or cyclic N) is 1. The summed E-state index contributed by atoms with van der Waals surface area (Å²) in [5.74, 6) is 0.376. The maximum absolute atomic E-state index is 11.7. The summed E-state index contributed by atoms with van der Waals surface area (Å²) in [5, 5.41) is 10.1. The van der Waals surface area contributed by atoms with Crippen molar-refractivity contribution in [3.05, 3.63) is 23.9 Å². The average molecular weight is 332 g/mol. The Labute approximate surface area is 141 Å². The van der Waals surface area contributed by atoms with Gasteiger partial charge < -0.3 is 20.6 Å². The zero-order valence-corrected chi connectivity index (χ0v) is 13.9. The number of carbonyl (C=O) groups is 2. The molecular weight excluding hydrogens is 308 g/mol. The number of carbonyl (C=O) groups excluding carboxylic acids is 2. The van der Waals surface area contributed by atoms with Gasteiger partial charge >= 0.3 is 0 Å². The molecule has 130 valence electrons. The Kier molecular flexibility index (Phi) is 4.45. The molecule has 2 fully saturated rings. The van der Waals surface area contributed by atoms with Crippen LogP contribution < -0.4 is 10.6 Å². The molecule has 0 radical (unpaired) electrons. The average Bonchev–Trinajstić information content (AvgIpc) is 2.55. The number of amides is 2. The zero-order chi connectivity index (χ0) is 17.3. The summed E-state index contributed by atoms with van der Waals surface area (Å²) in [6.07, 6.45) is 3.63. The Hall–Kier alpha value is -2.15. The number of aliphatic hydroxyl groups excluding tert-OH is 1. The maximum atomic E-state index is 11.7. The Morgan fingerprint density at radius 3 is 2.58 bits per heavy atom. The first-order valence-electron chi connectivity index (χ1n) is 8.33. The fraction of sp³-hybridized carbons (Fsp3) is 0.588. The van der Waals surface area contributed by atoms with E-state index < -0.39 is 12.0 Å². The molecule has 1 aromatic rings. The van der Waals surface area contributed by atoms with Crippen LogP contribution in [0.3, 0.4) is 0 Å². The minimum Gasteiger partial charge on any atom is -0.391 e. The van der Waals surface area contributed by atoms with Crippen LogP contribution in [-0.4, -0.2) is 59.1 Å². The molecule has 3 N–H and O–H groups in total. The smallest absolute Gasteiger partial charge is 0.250 e. The molecule has 0 aromatic carbocycles. The molecular formula is C17H24N4O3. The molecule has 1 spiro atoms. The molecule has 0 aliphatic carbocycles. The number of anilines is 1. The highest BCUT2D eigenvalue weighted by Crippen LogP contribution is 2.40. The SMILES string of the molecule is CC(=O)N1CC(O)CC2(CCN(c3ccc(C(N)=O)cn3)CC2)C1. The lowest BCUT2D eigenvalue weighted by atomic mass is 9.71. The Balaban J connectivity index is 1.66. The molecule has 7 nitrogen and oxygen atoms in total. The molecule has 7 heteroatoms. The van der Waals surface area contributed by atoms with E-state index in [1.54, 1.807) is 17.9 Å². The standard InChI is InChI=1S/C17H24N4O3/c1-12(22)21-10-14(23)8-17(11-21)4-6-20(7-5-17)15-3-2-13(9-19-15)16(18)24/h2-3,9,14,23H,4-8,10-11H2,1H3,(H2,18,24). The largest absolute Gasteiger partial charge is 0.391 e. The van der Waals surface area contributed by atoms with Gasteiger partial charge in [-0.05, 0) is 36.8 Å². The number of hydrogen-bond acceptors (Lipinski definition) is 5. The third kappa shape index (κ3) is 3.36. The number of primary amides is 1. The molecule has 1 aromatic heterocycles. The van der Waals surface area contributed by atoms with Crippen LogP contribution in [0, 0.1) is 5.41 Å². The number of aliphatic hydroxyl groups is 1. The van der Waals surface area contributed by atoms with Gasteiger partial charge in [0.1, 0.15) is 5.82 Å². The van der Waals surface area contributed by atoms with Crippen LogP contribution in [0.5, 0.6) is 0 Å². The van der Waals surface area contributed by atoms with Crippen molar-refractivity contribution >= 4 is 17.6 Å². The highest BCUT2D eigenvalue weighted by atomic mass is 16.3. The summed E-state index contributed by atoms with van der Waals surface area (Å²) in [7, 11) is 0. The highest BCUT2D eigenvalue weighted by molar-refractivity contribution is 5.92. The quantitative estimate of drug-likeness (QED) is 0.815. The van der Waals surface area contributed by atoms with E-state index >= 15 is 0 Å². The predicted octanol–water partition coefficient (Wildman–Crippen LogP) is 0.380. The summed E-state index contributed by atoms with van der Waals surface area (Å²) in [5.41, 5.74) is 5.63. The minimum absolute atomic E-state index is 0.00694. The molecule has 0 saturated carbocycles. The normalized spacial score (nSPS) is 23.3. The molecule has 3 rings (SSSR count). The van der Waals surface area contributed by atoms with Crippen molar-refractivity contribution in [3.63, 3.8) is 0 Å². The number of piperidine rings is 2. The van der Waals surface area contributed by atoms with E-state index in [2.05, 4.69) is 9.88 Å². The third-order valence-electron chi connectivity index (χ3n) is 5.25. The van der Waals surface area contributed by atoms with Gasteiger partial charge in [0.2, 0.25) is 11.8 Å². The van der Waals surface area contributed by atoms with Crippen molar-refractivity contribution < 1.29 is 14.7 Å². The fourth-order valence-corrected chi connectivity index (χ4v) is 3.88. The summed E-state index contributed by atoms with van der Waals surface area (Å²) in [6.45, 7) is 4.37. The van der Waals surface area contributed by atoms with Gasteiger partial charge in [-0.25, -0.2) is 4.98 Å². The molecule has 0 bridgehead atoms. The second-order valence-electron chi connectivity index (χ2n) is 7.01. The first kappa shape index (κ1) is 16.7. The van der Waals surface area contributed by atoms with Crippen molar-refractivity contribution in [2.24, 2.45) is 11.1 Å². The van der Waals surface area contributed by atoms with E-state index in [-0.39, 0.29) is 11.3 Å². The molecule has 2 amide bonds. The second-order valence-corrected chi connectivity index (χ2v) is 7.01. The number of nitrogens with zero attached hydrogens (tertiary/aromatic N) is 3. The topological polar surface area (TPSA) is 99.8 Å². The van der Waals surface area contributed by atoms with E-state index in [1.165, 1.54) is 6.20 Å². The number of aromatic nitrogens is 1. The molecule has 2 saturated heterocycles. The first-order chi connectivity index (χ1) is 11.4. The predicted molar refractivity (Wildman–Crippen MR) is 89.5 cm³/mol. The van der Waals surface area contributed by atoms with E-state index in [4.69, 9.17) is 5.73 Å². The van der Waals surface area contributed by atoms with Gasteiger partial charge in [-0.15, -0.1) is 0 Å². The lowest BCUT2D eigenvalue weighted by Gasteiger charge is -2.49. The van der Waals surface area contributed by atoms with Crippen molar-refractivity contribution in [1.29, 1.82) is 0 Å². The van der Waals surface area contributed by atoms with Crippen molar-refractivity contribution in [1.82, 2.24) is 9.88 Å². The van der Waals surface area contributed by atoms with Crippen molar-refractivity contribution in [3.8, 4) is 0 Å². The van der Waals surface area contributed by atoms with Gasteiger partial charge in [-0.2, -0.15) is 0 Å². The Morgan fingerprint density at radius 2 is 2.04 bits per heavy atom. The summed E-state index contributed by atoms with van der Waals surface area (Å²) < 4.78 is 0. The molecule has 2 aliphatic rings. The molecule has 3 heterocycles. The van der Waals surface area contributed by atoms with Crippen LogP contribution in [0.1, 0.15) is 36.5 Å². The zero-order valence-electron chi connectivity index (χ0n) is 13.9. The first-order valence-corrected chi connectivity index (χ1v) is 8.33. The number of pyridine rings is 1. The van der Waals surface area contributed by atoms with Gasteiger partial charge in [-0.3, -0.25) is 9.59 Å². The third-order valence-corrected chi connectivity index (χ3v) is 5.25. The molecule has 2 aliphatic heterocycles. The monoisotopic (exact) mass is 332 g/mol. The van der Waals surface area contributed by atoms with Crippen LogP contribution in [0.15, 0.2) is 18.3 Å². The minimum atomic E-state index is -0.479. The maximum Gasteiger partial charge on any atom is 0.250 e. The number of hydrogen-bond donors (Lipinski definition) is 2. The highest BCUT2D eigenvalue weighted by Gasteiger charge is 2.42. The van der Waals surface area contributed by atoms with E-state index in [0.717, 1.165) is 44.7 Å². The lowest BCUT2D eigenvalue weighted by Crippen LogP contribution is -2.55. The van der Waals surface area contributed by atoms with Crippen LogP contribution in [0.2, 0.25) is 0 Å². The van der Waals surface area contributed by atoms with Crippen LogP contribution in [0.25, 0.3) is 0 Å². The van der Waals surface area contributed by atoms with Gasteiger partial charge in [0.15, 0.2) is 0 Å². The fourth-order valence-electron chi connectivity index (χ4n) is 3.88. The molecule has 1 unspecified atom stereocenters.